The first kappa shape index (κ1) is 29.9. The predicted molar refractivity (Wildman–Crippen MR) is 158 cm³/mol. The lowest BCUT2D eigenvalue weighted by Crippen LogP contribution is -2.59. The first-order valence-corrected chi connectivity index (χ1v) is 15.8. The van der Waals surface area contributed by atoms with Crippen LogP contribution in [0.3, 0.4) is 0 Å². The van der Waals surface area contributed by atoms with E-state index < -0.39 is 23.9 Å². The highest BCUT2D eigenvalue weighted by Gasteiger charge is 2.48. The molecule has 4 aliphatic rings. The fourth-order valence-corrected chi connectivity index (χ4v) is 7.64. The molecule has 2 atom stereocenters. The van der Waals surface area contributed by atoms with Crippen LogP contribution < -0.4 is 5.32 Å². The minimum absolute atomic E-state index is 0.0968. The standard InChI is InChI=1S/C33H36F3N5O4/c34-23-4-6-25-27(17-23)45-38-30(25)21-9-14-40(15-10-21)28-11-13-39(19-33(28,35)36)12-1-2-20-3-5-24-22(16-20)18-41(32(24)44)26-7-8-29(42)37-31(26)43/h3-6,16-17,21,26,28H,1-2,7-15,18-19H2,(H,37,42,43). The third-order valence-corrected chi connectivity index (χ3v) is 9.99. The normalized spacial score (nSPS) is 24.8. The van der Waals surface area contributed by atoms with Gasteiger partial charge in [-0.2, -0.15) is 0 Å². The molecule has 3 amide bonds. The number of imide groups is 1. The van der Waals surface area contributed by atoms with Crippen LogP contribution >= 0.6 is 0 Å². The SMILES string of the molecule is O=C1CCC(N2Cc3cc(CCCN4CCC(N5CCC(c6noc7cc(F)ccc67)CC5)C(F)(F)C4)ccc3C2=O)C(=O)N1. The number of nitrogens with zero attached hydrogens (tertiary/aromatic N) is 4. The molecule has 9 nitrogen and oxygen atoms in total. The van der Waals surface area contributed by atoms with Gasteiger partial charge in [0.25, 0.3) is 11.8 Å². The van der Waals surface area contributed by atoms with Crippen LogP contribution in [0.1, 0.15) is 71.6 Å². The second-order valence-corrected chi connectivity index (χ2v) is 12.9. The number of aryl methyl sites for hydroxylation is 1. The average molecular weight is 624 g/mol. The first-order valence-electron chi connectivity index (χ1n) is 15.8. The van der Waals surface area contributed by atoms with Gasteiger partial charge in [-0.15, -0.1) is 0 Å². The summed E-state index contributed by atoms with van der Waals surface area (Å²) in [4.78, 5) is 42.1. The van der Waals surface area contributed by atoms with Gasteiger partial charge in [0, 0.05) is 42.4 Å². The highest BCUT2D eigenvalue weighted by molar-refractivity contribution is 6.05. The van der Waals surface area contributed by atoms with Gasteiger partial charge in [0.1, 0.15) is 11.9 Å². The van der Waals surface area contributed by atoms with Crippen LogP contribution in [-0.4, -0.2) is 88.3 Å². The number of carbonyl (C=O) groups is 3. The summed E-state index contributed by atoms with van der Waals surface area (Å²) in [5.74, 6) is -4.06. The van der Waals surface area contributed by atoms with E-state index in [1.807, 2.05) is 21.9 Å². The number of benzene rings is 2. The minimum Gasteiger partial charge on any atom is -0.356 e. The van der Waals surface area contributed by atoms with Gasteiger partial charge in [0.15, 0.2) is 5.58 Å². The topological polar surface area (TPSA) is 99.0 Å². The third kappa shape index (κ3) is 5.85. The van der Waals surface area contributed by atoms with Crippen LogP contribution in [0.15, 0.2) is 40.9 Å². The quantitative estimate of drug-likeness (QED) is 0.393. The zero-order chi connectivity index (χ0) is 31.3. The second-order valence-electron chi connectivity index (χ2n) is 12.9. The van der Waals surface area contributed by atoms with E-state index in [4.69, 9.17) is 4.52 Å². The number of fused-ring (bicyclic) bond motifs is 2. The van der Waals surface area contributed by atoms with Crippen molar-refractivity contribution >= 4 is 28.7 Å². The van der Waals surface area contributed by atoms with Crippen LogP contribution in [0.2, 0.25) is 0 Å². The molecule has 45 heavy (non-hydrogen) atoms. The van der Waals surface area contributed by atoms with E-state index >= 15 is 8.78 Å². The molecule has 0 spiro atoms. The molecule has 0 aliphatic carbocycles. The summed E-state index contributed by atoms with van der Waals surface area (Å²) in [6.45, 7) is 2.34. The molecule has 0 saturated carbocycles. The van der Waals surface area contributed by atoms with Gasteiger partial charge in [0.2, 0.25) is 11.8 Å². The van der Waals surface area contributed by atoms with E-state index in [-0.39, 0.29) is 36.5 Å². The number of halogens is 3. The van der Waals surface area contributed by atoms with Gasteiger partial charge >= 0.3 is 0 Å². The smallest absolute Gasteiger partial charge is 0.275 e. The Morgan fingerprint density at radius 3 is 2.60 bits per heavy atom. The van der Waals surface area contributed by atoms with Gasteiger partial charge in [-0.25, -0.2) is 13.2 Å². The highest BCUT2D eigenvalue weighted by Crippen LogP contribution is 2.38. The van der Waals surface area contributed by atoms with Gasteiger partial charge in [-0.3, -0.25) is 29.5 Å². The van der Waals surface area contributed by atoms with Crippen molar-refractivity contribution in [2.24, 2.45) is 0 Å². The predicted octanol–water partition coefficient (Wildman–Crippen LogP) is 4.25. The molecule has 4 aliphatic heterocycles. The lowest BCUT2D eigenvalue weighted by atomic mass is 9.89. The van der Waals surface area contributed by atoms with E-state index in [9.17, 15) is 18.8 Å². The summed E-state index contributed by atoms with van der Waals surface area (Å²) >= 11 is 0. The maximum atomic E-state index is 15.5. The minimum atomic E-state index is -2.82. The highest BCUT2D eigenvalue weighted by atomic mass is 19.3. The number of amides is 3. The van der Waals surface area contributed by atoms with Crippen LogP contribution in [0.4, 0.5) is 13.2 Å². The molecule has 2 aromatic carbocycles. The monoisotopic (exact) mass is 623 g/mol. The number of aromatic nitrogens is 1. The molecule has 0 radical (unpaired) electrons. The Hall–Kier alpha value is -3.77. The van der Waals surface area contributed by atoms with Crippen molar-refractivity contribution < 1.29 is 32.1 Å². The molecular formula is C33H36F3N5O4. The lowest BCUT2D eigenvalue weighted by molar-refractivity contribution is -0.137. The molecule has 238 valence electrons. The Labute approximate surface area is 258 Å². The summed E-state index contributed by atoms with van der Waals surface area (Å²) in [5.41, 5.74) is 3.64. The number of likely N-dealkylation sites (tertiary alicyclic amines) is 2. The number of hydrogen-bond donors (Lipinski definition) is 1. The largest absolute Gasteiger partial charge is 0.356 e. The number of alkyl halides is 2. The first-order chi connectivity index (χ1) is 21.7. The Balaban J connectivity index is 0.891. The lowest BCUT2D eigenvalue weighted by Gasteiger charge is -2.45. The third-order valence-electron chi connectivity index (χ3n) is 9.99. The van der Waals surface area contributed by atoms with E-state index in [0.717, 1.165) is 22.2 Å². The second kappa shape index (κ2) is 11.9. The number of piperidine rings is 3. The molecule has 7 rings (SSSR count). The fraction of sp³-hybridized carbons (Fsp3) is 0.515. The molecule has 12 heteroatoms. The molecule has 1 N–H and O–H groups in total. The molecule has 2 unspecified atom stereocenters. The van der Waals surface area contributed by atoms with E-state index in [2.05, 4.69) is 10.5 Å². The summed E-state index contributed by atoms with van der Waals surface area (Å²) in [5, 5.41) is 7.28. The van der Waals surface area contributed by atoms with Crippen molar-refractivity contribution in [2.75, 3.05) is 32.7 Å². The summed E-state index contributed by atoms with van der Waals surface area (Å²) in [6.07, 6.45) is 3.75. The van der Waals surface area contributed by atoms with Gasteiger partial charge in [-0.1, -0.05) is 17.3 Å². The zero-order valence-corrected chi connectivity index (χ0v) is 24.9. The number of rotatable bonds is 7. The van der Waals surface area contributed by atoms with Crippen molar-refractivity contribution in [3.8, 4) is 0 Å². The van der Waals surface area contributed by atoms with Crippen LogP contribution in [0.25, 0.3) is 11.0 Å². The molecule has 3 saturated heterocycles. The summed E-state index contributed by atoms with van der Waals surface area (Å²) < 4.78 is 49.8. The Morgan fingerprint density at radius 2 is 1.82 bits per heavy atom. The van der Waals surface area contributed by atoms with Crippen molar-refractivity contribution in [3.05, 3.63) is 64.6 Å². The van der Waals surface area contributed by atoms with Crippen LogP contribution in [-0.2, 0) is 22.6 Å². The molecule has 3 fully saturated rings. The Bertz CT molecular complexity index is 1640. The maximum absolute atomic E-state index is 15.5. The average Bonchev–Trinajstić information content (AvgIpc) is 3.57. The van der Waals surface area contributed by atoms with E-state index in [1.54, 1.807) is 12.1 Å². The van der Waals surface area contributed by atoms with Crippen molar-refractivity contribution in [1.82, 2.24) is 25.2 Å². The molecule has 5 heterocycles. The van der Waals surface area contributed by atoms with Gasteiger partial charge in [-0.05, 0) is 87.5 Å². The maximum Gasteiger partial charge on any atom is 0.275 e. The summed E-state index contributed by atoms with van der Waals surface area (Å²) in [6, 6.07) is 8.60. The molecular weight excluding hydrogens is 587 g/mol. The van der Waals surface area contributed by atoms with Gasteiger partial charge < -0.3 is 9.42 Å². The summed E-state index contributed by atoms with van der Waals surface area (Å²) in [7, 11) is 0. The van der Waals surface area contributed by atoms with Crippen molar-refractivity contribution in [3.63, 3.8) is 0 Å². The number of hydrogen-bond acceptors (Lipinski definition) is 7. The van der Waals surface area contributed by atoms with E-state index in [1.165, 1.54) is 17.0 Å². The van der Waals surface area contributed by atoms with Crippen LogP contribution in [0.5, 0.6) is 0 Å². The van der Waals surface area contributed by atoms with Gasteiger partial charge in [0.05, 0.1) is 18.3 Å². The molecule has 1 aromatic heterocycles. The van der Waals surface area contributed by atoms with Crippen LogP contribution in [0, 0.1) is 5.82 Å². The number of nitrogens with one attached hydrogen (secondary N) is 1. The van der Waals surface area contributed by atoms with Crippen molar-refractivity contribution in [1.29, 1.82) is 0 Å². The Morgan fingerprint density at radius 1 is 1.00 bits per heavy atom. The van der Waals surface area contributed by atoms with Crippen molar-refractivity contribution in [2.45, 2.75) is 75.4 Å². The zero-order valence-electron chi connectivity index (χ0n) is 24.9. The van der Waals surface area contributed by atoms with E-state index in [0.29, 0.717) is 82.4 Å². The number of carbonyl (C=O) groups excluding carboxylic acids is 3. The molecule has 3 aromatic rings. The molecule has 0 bridgehead atoms. The Kier molecular flexibility index (Phi) is 7.89. The fourth-order valence-electron chi connectivity index (χ4n) is 7.64.